The second-order valence-corrected chi connectivity index (χ2v) is 8.51. The molecule has 10 nitrogen and oxygen atoms in total. The van der Waals surface area contributed by atoms with Gasteiger partial charge < -0.3 is 29.8 Å². The van der Waals surface area contributed by atoms with Gasteiger partial charge in [0.2, 0.25) is 5.95 Å². The zero-order chi connectivity index (χ0) is 26.0. The van der Waals surface area contributed by atoms with Crippen molar-refractivity contribution in [2.24, 2.45) is 7.05 Å². The molecule has 190 valence electrons. The fourth-order valence-electron chi connectivity index (χ4n) is 3.37. The number of halogens is 3. The van der Waals surface area contributed by atoms with Gasteiger partial charge in [0, 0.05) is 18.7 Å². The Balaban J connectivity index is 1.54. The van der Waals surface area contributed by atoms with Gasteiger partial charge in [-0.25, -0.2) is 14.8 Å². The van der Waals surface area contributed by atoms with E-state index in [1.54, 1.807) is 30.7 Å². The Morgan fingerprint density at radius 2 is 1.94 bits per heavy atom. The number of imidazole rings is 1. The SMILES string of the molecule is CCOC(=O)[C@H](CO)NC(=O)c1ccc2c(c1)nc(Nc1nc3ccc(OC(F)(F)F)cc3s1)n2C. The van der Waals surface area contributed by atoms with Crippen LogP contribution in [0.25, 0.3) is 21.3 Å². The van der Waals surface area contributed by atoms with Crippen molar-refractivity contribution in [3.8, 4) is 5.75 Å². The fourth-order valence-corrected chi connectivity index (χ4v) is 4.26. The molecule has 0 aliphatic rings. The van der Waals surface area contributed by atoms with Gasteiger partial charge in [-0.1, -0.05) is 11.3 Å². The molecule has 2 aromatic carbocycles. The van der Waals surface area contributed by atoms with Crippen LogP contribution in [0.5, 0.6) is 5.75 Å². The molecule has 0 unspecified atom stereocenters. The molecular formula is C22H20F3N5O5S. The summed E-state index contributed by atoms with van der Waals surface area (Å²) >= 11 is 1.12. The van der Waals surface area contributed by atoms with Crippen LogP contribution in [-0.2, 0) is 16.6 Å². The molecule has 4 rings (SSSR count). The number of aromatic nitrogens is 3. The lowest BCUT2D eigenvalue weighted by atomic mass is 10.1. The number of carbonyl (C=O) groups excluding carboxylic acids is 2. The molecule has 0 fully saturated rings. The number of hydrogen-bond acceptors (Lipinski definition) is 9. The molecule has 2 heterocycles. The second-order valence-electron chi connectivity index (χ2n) is 7.48. The van der Waals surface area contributed by atoms with Crippen LogP contribution in [0.1, 0.15) is 17.3 Å². The summed E-state index contributed by atoms with van der Waals surface area (Å²) in [5.74, 6) is -1.29. The summed E-state index contributed by atoms with van der Waals surface area (Å²) in [6.07, 6.45) is -4.79. The first-order valence-corrected chi connectivity index (χ1v) is 11.4. The molecule has 0 radical (unpaired) electrons. The van der Waals surface area contributed by atoms with E-state index in [4.69, 9.17) is 4.74 Å². The van der Waals surface area contributed by atoms with E-state index in [1.165, 1.54) is 24.3 Å². The van der Waals surface area contributed by atoms with E-state index in [1.807, 2.05) is 0 Å². The molecule has 0 aliphatic heterocycles. The van der Waals surface area contributed by atoms with Crippen molar-refractivity contribution < 1.29 is 37.3 Å². The Kier molecular flexibility index (Phi) is 6.99. The monoisotopic (exact) mass is 523 g/mol. The summed E-state index contributed by atoms with van der Waals surface area (Å²) in [7, 11) is 1.74. The number of anilines is 2. The standard InChI is InChI=1S/C22H20F3N5O5S/c1-3-34-19(33)15(10-31)26-18(32)11-4-7-16-14(8-11)27-20(30(16)2)29-21-28-13-6-5-12(9-17(13)36-21)35-22(23,24)25/h4-9,15,31H,3,10H2,1-2H3,(H,26,32)(H,27,28,29)/t15-/m0/s1. The Morgan fingerprint density at radius 3 is 2.64 bits per heavy atom. The van der Waals surface area contributed by atoms with Crippen molar-refractivity contribution in [2.45, 2.75) is 19.3 Å². The van der Waals surface area contributed by atoms with E-state index < -0.39 is 30.9 Å². The van der Waals surface area contributed by atoms with Crippen LogP contribution in [0.3, 0.4) is 0 Å². The average Bonchev–Trinajstić information content (AvgIpc) is 3.35. The van der Waals surface area contributed by atoms with Gasteiger partial charge in [-0.05, 0) is 37.3 Å². The van der Waals surface area contributed by atoms with Gasteiger partial charge in [-0.15, -0.1) is 13.2 Å². The van der Waals surface area contributed by atoms with Gasteiger partial charge in [-0.2, -0.15) is 0 Å². The second kappa shape index (κ2) is 9.99. The van der Waals surface area contributed by atoms with Crippen LogP contribution in [0.15, 0.2) is 36.4 Å². The number of fused-ring (bicyclic) bond motifs is 2. The summed E-state index contributed by atoms with van der Waals surface area (Å²) in [6, 6.07) is 7.39. The Bertz CT molecular complexity index is 1430. The normalized spacial score (nSPS) is 12.5. The van der Waals surface area contributed by atoms with Crippen LogP contribution >= 0.6 is 11.3 Å². The third-order valence-corrected chi connectivity index (χ3v) is 5.95. The molecule has 14 heteroatoms. The molecule has 0 saturated heterocycles. The highest BCUT2D eigenvalue weighted by Crippen LogP contribution is 2.33. The van der Waals surface area contributed by atoms with Gasteiger partial charge in [-0.3, -0.25) is 4.79 Å². The highest BCUT2D eigenvalue weighted by molar-refractivity contribution is 7.22. The van der Waals surface area contributed by atoms with E-state index in [0.717, 1.165) is 11.3 Å². The van der Waals surface area contributed by atoms with Gasteiger partial charge in [0.05, 0.1) is 34.5 Å². The predicted molar refractivity (Wildman–Crippen MR) is 125 cm³/mol. The molecule has 3 N–H and O–H groups in total. The number of hydrogen-bond donors (Lipinski definition) is 3. The molecule has 36 heavy (non-hydrogen) atoms. The van der Waals surface area contributed by atoms with Crippen molar-refractivity contribution >= 4 is 55.5 Å². The van der Waals surface area contributed by atoms with Crippen LogP contribution < -0.4 is 15.4 Å². The van der Waals surface area contributed by atoms with E-state index in [0.29, 0.717) is 32.3 Å². The Labute approximate surface area is 205 Å². The molecule has 0 spiro atoms. The number of rotatable bonds is 8. The zero-order valence-electron chi connectivity index (χ0n) is 18.9. The highest BCUT2D eigenvalue weighted by atomic mass is 32.1. The number of amides is 1. The summed E-state index contributed by atoms with van der Waals surface area (Å²) in [5, 5.41) is 15.2. The number of thiazole rings is 1. The third kappa shape index (κ3) is 5.49. The molecule has 0 aliphatic carbocycles. The summed E-state index contributed by atoms with van der Waals surface area (Å²) in [4.78, 5) is 33.3. The molecule has 0 bridgehead atoms. The number of aryl methyl sites for hydroxylation is 1. The maximum atomic E-state index is 12.6. The number of nitrogens with one attached hydrogen (secondary N) is 2. The van der Waals surface area contributed by atoms with Crippen LogP contribution in [-0.4, -0.2) is 57.1 Å². The maximum Gasteiger partial charge on any atom is 0.573 e. The van der Waals surface area contributed by atoms with E-state index in [9.17, 15) is 27.9 Å². The molecule has 4 aromatic rings. The van der Waals surface area contributed by atoms with Crippen molar-refractivity contribution in [2.75, 3.05) is 18.5 Å². The van der Waals surface area contributed by atoms with Crippen molar-refractivity contribution in [3.05, 3.63) is 42.0 Å². The number of benzene rings is 2. The number of nitrogens with zero attached hydrogens (tertiary/aromatic N) is 3. The highest BCUT2D eigenvalue weighted by Gasteiger charge is 2.31. The number of carbonyl (C=O) groups is 2. The first-order valence-electron chi connectivity index (χ1n) is 10.6. The first-order chi connectivity index (χ1) is 17.1. The van der Waals surface area contributed by atoms with Gasteiger partial charge in [0.25, 0.3) is 5.91 Å². The van der Waals surface area contributed by atoms with Gasteiger partial charge in [0.1, 0.15) is 5.75 Å². The van der Waals surface area contributed by atoms with E-state index in [-0.39, 0.29) is 17.9 Å². The van der Waals surface area contributed by atoms with Crippen LogP contribution in [0, 0.1) is 0 Å². The molecule has 1 atom stereocenters. The number of esters is 1. The van der Waals surface area contributed by atoms with Gasteiger partial charge >= 0.3 is 12.3 Å². The summed E-state index contributed by atoms with van der Waals surface area (Å²) in [5.41, 5.74) is 1.84. The number of aliphatic hydroxyl groups excluding tert-OH is 1. The Morgan fingerprint density at radius 1 is 1.17 bits per heavy atom. The number of alkyl halides is 3. The smallest absolute Gasteiger partial charge is 0.464 e. The summed E-state index contributed by atoms with van der Waals surface area (Å²) in [6.45, 7) is 1.11. The quantitative estimate of drug-likeness (QED) is 0.300. The lowest BCUT2D eigenvalue weighted by Crippen LogP contribution is -2.44. The largest absolute Gasteiger partial charge is 0.573 e. The van der Waals surface area contributed by atoms with Crippen molar-refractivity contribution in [1.29, 1.82) is 0 Å². The van der Waals surface area contributed by atoms with E-state index >= 15 is 0 Å². The number of ether oxygens (including phenoxy) is 2. The van der Waals surface area contributed by atoms with Crippen LogP contribution in [0.4, 0.5) is 24.3 Å². The lowest BCUT2D eigenvalue weighted by Gasteiger charge is -2.14. The Hall–Kier alpha value is -3.91. The zero-order valence-corrected chi connectivity index (χ0v) is 19.7. The van der Waals surface area contributed by atoms with Crippen molar-refractivity contribution in [1.82, 2.24) is 19.9 Å². The number of aliphatic hydroxyl groups is 1. The topological polar surface area (TPSA) is 128 Å². The average molecular weight is 523 g/mol. The maximum absolute atomic E-state index is 12.6. The minimum atomic E-state index is -4.79. The van der Waals surface area contributed by atoms with Crippen LogP contribution in [0.2, 0.25) is 0 Å². The first kappa shape index (κ1) is 25.2. The third-order valence-electron chi connectivity index (χ3n) is 5.01. The van der Waals surface area contributed by atoms with Crippen molar-refractivity contribution in [3.63, 3.8) is 0 Å². The molecule has 1 amide bonds. The lowest BCUT2D eigenvalue weighted by molar-refractivity contribution is -0.274. The van der Waals surface area contributed by atoms with Gasteiger partial charge in [0.15, 0.2) is 11.2 Å². The van der Waals surface area contributed by atoms with E-state index in [2.05, 4.69) is 25.3 Å². The molecule has 0 saturated carbocycles. The fraction of sp³-hybridized carbons (Fsp3) is 0.273. The minimum absolute atomic E-state index is 0.109. The molecular weight excluding hydrogens is 503 g/mol. The summed E-state index contributed by atoms with van der Waals surface area (Å²) < 4.78 is 48.5. The minimum Gasteiger partial charge on any atom is -0.464 e. The molecule has 2 aromatic heterocycles. The predicted octanol–water partition coefficient (Wildman–Crippen LogP) is 3.48.